The maximum atomic E-state index is 6.20. The number of aromatic amines is 1. The molecule has 1 N–H and O–H groups in total. The molecule has 0 atom stereocenters. The average molecular weight is 325 g/mol. The molecule has 0 amide bonds. The summed E-state index contributed by atoms with van der Waals surface area (Å²) in [5.74, 6) is 0.805. The van der Waals surface area contributed by atoms with Gasteiger partial charge in [-0.15, -0.1) is 0 Å². The number of H-pyrrole nitrogens is 1. The van der Waals surface area contributed by atoms with Gasteiger partial charge < -0.3 is 4.98 Å². The number of halogens is 1. The van der Waals surface area contributed by atoms with Gasteiger partial charge >= 0.3 is 0 Å². The standard InChI is InChI=1S/C18H13ClN2S/c19-15-8-4-3-7-14(15)11-22-18-20-16-9-12-5-1-2-6-13(12)10-17(16)21-18/h1-10H,11H2,(H,20,21). The fourth-order valence-corrected chi connectivity index (χ4v) is 3.67. The summed E-state index contributed by atoms with van der Waals surface area (Å²) in [4.78, 5) is 8.06. The Bertz CT molecular complexity index is 909. The largest absolute Gasteiger partial charge is 0.333 e. The van der Waals surface area contributed by atoms with Crippen LogP contribution in [-0.2, 0) is 5.75 Å². The summed E-state index contributed by atoms with van der Waals surface area (Å²) in [6, 6.07) is 20.5. The molecule has 0 aliphatic heterocycles. The molecule has 0 fully saturated rings. The van der Waals surface area contributed by atoms with E-state index in [-0.39, 0.29) is 0 Å². The molecule has 108 valence electrons. The predicted octanol–water partition coefficient (Wildman–Crippen LogP) is 5.66. The predicted molar refractivity (Wildman–Crippen MR) is 94.6 cm³/mol. The number of aromatic nitrogens is 2. The summed E-state index contributed by atoms with van der Waals surface area (Å²) in [6.45, 7) is 0. The van der Waals surface area contributed by atoms with Crippen LogP contribution in [0.15, 0.2) is 65.8 Å². The lowest BCUT2D eigenvalue weighted by Gasteiger charge is -2.01. The van der Waals surface area contributed by atoms with Crippen LogP contribution in [0, 0.1) is 0 Å². The third-order valence-electron chi connectivity index (χ3n) is 3.65. The molecule has 0 spiro atoms. The summed E-state index contributed by atoms with van der Waals surface area (Å²) < 4.78 is 0. The van der Waals surface area contributed by atoms with Gasteiger partial charge in [0.25, 0.3) is 0 Å². The second-order valence-electron chi connectivity index (χ2n) is 5.14. The lowest BCUT2D eigenvalue weighted by molar-refractivity contribution is 1.08. The number of hydrogen-bond donors (Lipinski definition) is 1. The minimum atomic E-state index is 0.803. The molecule has 1 heterocycles. The molecule has 0 aliphatic rings. The van der Waals surface area contributed by atoms with Crippen LogP contribution in [0.5, 0.6) is 0 Å². The number of fused-ring (bicyclic) bond motifs is 2. The molecular formula is C18H13ClN2S. The van der Waals surface area contributed by atoms with Crippen molar-refractivity contribution < 1.29 is 0 Å². The maximum Gasteiger partial charge on any atom is 0.166 e. The van der Waals surface area contributed by atoms with E-state index in [0.29, 0.717) is 0 Å². The van der Waals surface area contributed by atoms with Crippen LogP contribution in [0.1, 0.15) is 5.56 Å². The van der Waals surface area contributed by atoms with Crippen molar-refractivity contribution in [1.82, 2.24) is 9.97 Å². The van der Waals surface area contributed by atoms with Crippen LogP contribution in [0.4, 0.5) is 0 Å². The molecule has 0 saturated heterocycles. The van der Waals surface area contributed by atoms with Crippen molar-refractivity contribution in [1.29, 1.82) is 0 Å². The number of rotatable bonds is 3. The highest BCUT2D eigenvalue weighted by Crippen LogP contribution is 2.28. The Kier molecular flexibility index (Phi) is 3.53. The number of nitrogens with zero attached hydrogens (tertiary/aromatic N) is 1. The number of benzene rings is 3. The fraction of sp³-hybridized carbons (Fsp3) is 0.0556. The minimum absolute atomic E-state index is 0.803. The molecule has 3 aromatic carbocycles. The average Bonchev–Trinajstić information content (AvgIpc) is 2.93. The first-order chi connectivity index (χ1) is 10.8. The smallest absolute Gasteiger partial charge is 0.166 e. The van der Waals surface area contributed by atoms with Crippen molar-refractivity contribution in [2.75, 3.05) is 0 Å². The van der Waals surface area contributed by atoms with E-state index in [4.69, 9.17) is 11.6 Å². The van der Waals surface area contributed by atoms with Gasteiger partial charge in [-0.2, -0.15) is 0 Å². The maximum absolute atomic E-state index is 6.20. The Morgan fingerprint density at radius 1 is 0.955 bits per heavy atom. The van der Waals surface area contributed by atoms with Gasteiger partial charge in [-0.05, 0) is 34.5 Å². The Hall–Kier alpha value is -1.97. The summed E-state index contributed by atoms with van der Waals surface area (Å²) >= 11 is 7.86. The van der Waals surface area contributed by atoms with E-state index >= 15 is 0 Å². The highest BCUT2D eigenvalue weighted by Gasteiger charge is 2.06. The van der Waals surface area contributed by atoms with Crippen molar-refractivity contribution in [3.8, 4) is 0 Å². The van der Waals surface area contributed by atoms with Crippen LogP contribution in [0.2, 0.25) is 5.02 Å². The monoisotopic (exact) mass is 324 g/mol. The summed E-state index contributed by atoms with van der Waals surface area (Å²) in [5, 5.41) is 4.16. The molecular weight excluding hydrogens is 312 g/mol. The van der Waals surface area contributed by atoms with Gasteiger partial charge in [-0.1, -0.05) is 65.8 Å². The Labute approximate surface area is 137 Å². The highest BCUT2D eigenvalue weighted by molar-refractivity contribution is 7.98. The van der Waals surface area contributed by atoms with Gasteiger partial charge in [-0.3, -0.25) is 0 Å². The third-order valence-corrected chi connectivity index (χ3v) is 4.94. The molecule has 1 aromatic heterocycles. The topological polar surface area (TPSA) is 28.7 Å². The molecule has 22 heavy (non-hydrogen) atoms. The zero-order chi connectivity index (χ0) is 14.9. The van der Waals surface area contributed by atoms with E-state index in [9.17, 15) is 0 Å². The second-order valence-corrected chi connectivity index (χ2v) is 6.51. The molecule has 0 saturated carbocycles. The summed E-state index contributed by atoms with van der Waals surface area (Å²) in [7, 11) is 0. The van der Waals surface area contributed by atoms with Gasteiger partial charge in [-0.25, -0.2) is 4.98 Å². The Morgan fingerprint density at radius 2 is 1.68 bits per heavy atom. The molecule has 0 bridgehead atoms. The normalized spacial score (nSPS) is 11.3. The number of nitrogens with one attached hydrogen (secondary N) is 1. The summed E-state index contributed by atoms with van der Waals surface area (Å²) in [6.07, 6.45) is 0. The van der Waals surface area contributed by atoms with E-state index in [0.717, 1.165) is 32.5 Å². The zero-order valence-electron chi connectivity index (χ0n) is 11.7. The van der Waals surface area contributed by atoms with E-state index in [2.05, 4.69) is 40.3 Å². The Balaban J connectivity index is 1.65. The number of hydrogen-bond acceptors (Lipinski definition) is 2. The van der Waals surface area contributed by atoms with Gasteiger partial charge in [0.05, 0.1) is 11.0 Å². The van der Waals surface area contributed by atoms with E-state index in [1.807, 2.05) is 30.3 Å². The first-order valence-electron chi connectivity index (χ1n) is 7.04. The number of imidazole rings is 1. The van der Waals surface area contributed by atoms with Crippen molar-refractivity contribution in [3.05, 3.63) is 71.2 Å². The molecule has 2 nitrogen and oxygen atoms in total. The van der Waals surface area contributed by atoms with Gasteiger partial charge in [0.2, 0.25) is 0 Å². The van der Waals surface area contributed by atoms with Crippen molar-refractivity contribution in [3.63, 3.8) is 0 Å². The Morgan fingerprint density at radius 3 is 2.50 bits per heavy atom. The molecule has 0 aliphatic carbocycles. The number of thioether (sulfide) groups is 1. The van der Waals surface area contributed by atoms with E-state index in [1.54, 1.807) is 11.8 Å². The third kappa shape index (κ3) is 2.58. The van der Waals surface area contributed by atoms with Gasteiger partial charge in [0.1, 0.15) is 0 Å². The van der Waals surface area contributed by atoms with Crippen LogP contribution < -0.4 is 0 Å². The van der Waals surface area contributed by atoms with Crippen molar-refractivity contribution in [2.45, 2.75) is 10.9 Å². The lowest BCUT2D eigenvalue weighted by Crippen LogP contribution is -1.82. The summed E-state index contributed by atoms with van der Waals surface area (Å²) in [5.41, 5.74) is 3.19. The lowest BCUT2D eigenvalue weighted by atomic mass is 10.1. The minimum Gasteiger partial charge on any atom is -0.333 e. The van der Waals surface area contributed by atoms with Crippen LogP contribution in [-0.4, -0.2) is 9.97 Å². The van der Waals surface area contributed by atoms with Crippen molar-refractivity contribution in [2.24, 2.45) is 0 Å². The van der Waals surface area contributed by atoms with Crippen LogP contribution in [0.25, 0.3) is 21.8 Å². The second kappa shape index (κ2) is 5.67. The zero-order valence-corrected chi connectivity index (χ0v) is 13.3. The highest BCUT2D eigenvalue weighted by atomic mass is 35.5. The van der Waals surface area contributed by atoms with E-state index < -0.39 is 0 Å². The van der Waals surface area contributed by atoms with Gasteiger partial charge in [0.15, 0.2) is 5.16 Å². The molecule has 4 aromatic rings. The molecule has 0 radical (unpaired) electrons. The first-order valence-corrected chi connectivity index (χ1v) is 8.41. The molecule has 4 rings (SSSR count). The fourth-order valence-electron chi connectivity index (χ4n) is 2.50. The van der Waals surface area contributed by atoms with E-state index in [1.165, 1.54) is 10.8 Å². The molecule has 0 unspecified atom stereocenters. The van der Waals surface area contributed by atoms with Crippen LogP contribution in [0.3, 0.4) is 0 Å². The van der Waals surface area contributed by atoms with Gasteiger partial charge in [0, 0.05) is 10.8 Å². The molecule has 4 heteroatoms. The SMILES string of the molecule is Clc1ccccc1CSc1nc2cc3ccccc3cc2[nH]1. The first kappa shape index (κ1) is 13.7. The quantitative estimate of drug-likeness (QED) is 0.492. The van der Waals surface area contributed by atoms with Crippen molar-refractivity contribution >= 4 is 45.2 Å². The van der Waals surface area contributed by atoms with Crippen LogP contribution >= 0.6 is 23.4 Å².